The molecule has 2 heterocycles. The van der Waals surface area contributed by atoms with Crippen molar-refractivity contribution in [3.8, 4) is 0 Å². The van der Waals surface area contributed by atoms with E-state index in [1.165, 1.54) is 12.8 Å². The normalized spacial score (nSPS) is 38.9. The van der Waals surface area contributed by atoms with Crippen LogP contribution >= 0.6 is 39.6 Å². The van der Waals surface area contributed by atoms with Gasteiger partial charge < -0.3 is 0 Å². The summed E-state index contributed by atoms with van der Waals surface area (Å²) in [6.07, 6.45) is 7.09. The number of rotatable bonds is 1. The summed E-state index contributed by atoms with van der Waals surface area (Å²) in [4.78, 5) is 0. The Morgan fingerprint density at radius 1 is 1.33 bits per heavy atom. The average molecular weight is 434 g/mol. The van der Waals surface area contributed by atoms with Gasteiger partial charge in [-0.25, -0.2) is 0 Å². The second-order valence-corrected chi connectivity index (χ2v) is 22.0. The Morgan fingerprint density at radius 2 is 2.07 bits per heavy atom. The van der Waals surface area contributed by atoms with Crippen LogP contribution in [0.15, 0.2) is 9.66 Å². The van der Waals surface area contributed by atoms with Gasteiger partial charge in [0, 0.05) is 0 Å². The van der Waals surface area contributed by atoms with E-state index >= 15 is 0 Å². The predicted molar refractivity (Wildman–Crippen MR) is 88.9 cm³/mol. The fourth-order valence-corrected chi connectivity index (χ4v) is 34.1. The van der Waals surface area contributed by atoms with Crippen LogP contribution in [0, 0.1) is 0 Å². The fourth-order valence-electron chi connectivity index (χ4n) is 2.89. The monoisotopic (exact) mass is 434 g/mol. The van der Waals surface area contributed by atoms with E-state index < -0.39 is 39.6 Å². The molecule has 2 saturated heterocycles. The second-order valence-electron chi connectivity index (χ2n) is 4.81. The minimum atomic E-state index is -0.692. The minimum absolute atomic E-state index is 0.621. The van der Waals surface area contributed by atoms with Gasteiger partial charge in [-0.1, -0.05) is 0 Å². The third kappa shape index (κ3) is 2.14. The maximum atomic E-state index is 2.71. The summed E-state index contributed by atoms with van der Waals surface area (Å²) in [5.41, 5.74) is 0. The van der Waals surface area contributed by atoms with Crippen molar-refractivity contribution in [1.29, 1.82) is 0 Å². The van der Waals surface area contributed by atoms with Gasteiger partial charge in [-0.3, -0.25) is 0 Å². The summed E-state index contributed by atoms with van der Waals surface area (Å²) in [6.45, 7) is 10.0. The number of alkyl halides is 5. The van der Waals surface area contributed by atoms with Crippen molar-refractivity contribution in [2.75, 3.05) is 8.86 Å². The molecule has 0 aromatic carbocycles. The van der Waals surface area contributed by atoms with Gasteiger partial charge >= 0.3 is 110 Å². The van der Waals surface area contributed by atoms with Crippen LogP contribution in [0.3, 0.4) is 0 Å². The van der Waals surface area contributed by atoms with Crippen LogP contribution in [0.5, 0.6) is 0 Å². The van der Waals surface area contributed by atoms with Crippen LogP contribution < -0.4 is 0 Å². The summed E-state index contributed by atoms with van der Waals surface area (Å²) < 4.78 is 7.36. The van der Waals surface area contributed by atoms with Crippen LogP contribution in [-0.4, -0.2) is 14.2 Å². The number of fused-ring (bicyclic) bond motifs is 1. The van der Waals surface area contributed by atoms with Gasteiger partial charge in [0.2, 0.25) is 0 Å². The second kappa shape index (κ2) is 4.83. The van der Waals surface area contributed by atoms with E-state index in [0.717, 1.165) is 5.35 Å². The molecule has 0 aromatic heterocycles. The zero-order valence-corrected chi connectivity index (χ0v) is 14.8. The van der Waals surface area contributed by atoms with E-state index in [2.05, 4.69) is 33.8 Å². The van der Waals surface area contributed by atoms with E-state index in [1.807, 2.05) is 3.58 Å². The third-order valence-electron chi connectivity index (χ3n) is 3.61. The molecule has 0 bridgehead atoms. The topological polar surface area (TPSA) is 0 Å². The fraction of sp³-hybridized carbons (Fsp3) is 0.846. The first-order valence-corrected chi connectivity index (χ1v) is 13.6. The summed E-state index contributed by atoms with van der Waals surface area (Å²) in [5, 5.41) is 0. The van der Waals surface area contributed by atoms with E-state index in [-0.39, 0.29) is 0 Å². The zero-order chi connectivity index (χ0) is 11.1. The molecule has 0 aromatic rings. The van der Waals surface area contributed by atoms with Crippen LogP contribution in [0.2, 0.25) is 0 Å². The first kappa shape index (κ1) is 12.7. The molecule has 15 heavy (non-hydrogen) atoms. The SMILES string of the molecule is C/C=C1\CCC[C@@]2(C)I1CCI2C(C)C. The molecule has 0 radical (unpaired) electrons. The van der Waals surface area contributed by atoms with E-state index in [4.69, 9.17) is 0 Å². The molecule has 0 saturated carbocycles. The summed E-state index contributed by atoms with van der Waals surface area (Å²) in [5.74, 6) is 0. The Balaban J connectivity index is 2.27. The Labute approximate surface area is 109 Å². The van der Waals surface area contributed by atoms with Crippen LogP contribution in [0.4, 0.5) is 0 Å². The quantitative estimate of drug-likeness (QED) is 0.392. The number of hydrogen-bond acceptors (Lipinski definition) is 0. The molecule has 0 nitrogen and oxygen atoms in total. The molecule has 0 amide bonds. The molecule has 2 aliphatic rings. The number of hydrogen-bond donors (Lipinski definition) is 0. The van der Waals surface area contributed by atoms with Gasteiger partial charge in [0.15, 0.2) is 0 Å². The van der Waals surface area contributed by atoms with Crippen LogP contribution in [0.25, 0.3) is 0 Å². The Morgan fingerprint density at radius 3 is 2.67 bits per heavy atom. The van der Waals surface area contributed by atoms with Gasteiger partial charge in [0.05, 0.1) is 0 Å². The van der Waals surface area contributed by atoms with Crippen molar-refractivity contribution in [2.24, 2.45) is 0 Å². The first-order valence-electron chi connectivity index (χ1n) is 6.05. The molecule has 0 aliphatic carbocycles. The van der Waals surface area contributed by atoms with Crippen molar-refractivity contribution >= 4 is 39.6 Å². The van der Waals surface area contributed by atoms with Gasteiger partial charge in [-0.15, -0.1) is 0 Å². The van der Waals surface area contributed by atoms with Crippen molar-refractivity contribution < 1.29 is 0 Å². The molecule has 1 atom stereocenters. The van der Waals surface area contributed by atoms with Gasteiger partial charge in [-0.05, 0) is 0 Å². The Kier molecular flexibility index (Phi) is 4.07. The maximum absolute atomic E-state index is 2.71. The third-order valence-corrected chi connectivity index (χ3v) is 28.3. The molecular formula is C13H24I2. The molecule has 2 heteroatoms. The Bertz CT molecular complexity index is 270. The van der Waals surface area contributed by atoms with Crippen molar-refractivity contribution in [2.45, 2.75) is 52.3 Å². The first-order chi connectivity index (χ1) is 7.09. The molecule has 0 spiro atoms. The van der Waals surface area contributed by atoms with Gasteiger partial charge in [-0.2, -0.15) is 0 Å². The zero-order valence-electron chi connectivity index (χ0n) is 10.4. The molecule has 90 valence electrons. The number of halogens is 2. The molecular weight excluding hydrogens is 410 g/mol. The molecule has 0 unspecified atom stereocenters. The predicted octanol–water partition coefficient (Wildman–Crippen LogP) is 5.23. The van der Waals surface area contributed by atoms with Crippen molar-refractivity contribution in [1.82, 2.24) is 0 Å². The van der Waals surface area contributed by atoms with Crippen molar-refractivity contribution in [3.63, 3.8) is 0 Å². The number of allylic oxidation sites excluding steroid dienone is 2. The summed E-state index contributed by atoms with van der Waals surface area (Å²) in [7, 11) is 0. The average Bonchev–Trinajstić information content (AvgIpc) is 2.54. The van der Waals surface area contributed by atoms with Gasteiger partial charge in [0.1, 0.15) is 0 Å². The summed E-state index contributed by atoms with van der Waals surface area (Å²) >= 11 is -1.31. The van der Waals surface area contributed by atoms with E-state index in [1.54, 1.807) is 15.3 Å². The van der Waals surface area contributed by atoms with Gasteiger partial charge in [0.25, 0.3) is 0 Å². The molecule has 2 aliphatic heterocycles. The molecule has 2 rings (SSSR count). The Hall–Kier alpha value is 1.20. The molecule has 0 N–H and O–H groups in total. The van der Waals surface area contributed by atoms with Crippen LogP contribution in [-0.2, 0) is 0 Å². The molecule has 2 fully saturated rings. The van der Waals surface area contributed by atoms with E-state index in [9.17, 15) is 0 Å². The van der Waals surface area contributed by atoms with Crippen LogP contribution in [0.1, 0.15) is 47.0 Å². The van der Waals surface area contributed by atoms with Crippen molar-refractivity contribution in [3.05, 3.63) is 9.66 Å². The standard InChI is InChI=1S/C13H24I2/c1-5-12-7-6-8-13(4)14(11(2)3)9-10-15(12)13/h5,11H,6-10H2,1-4H3/b12-5+/t13-/m1/s1. The summed E-state index contributed by atoms with van der Waals surface area (Å²) in [6, 6.07) is 0. The van der Waals surface area contributed by atoms with E-state index in [0.29, 0.717) is 0 Å².